The molecule has 16 heavy (non-hydrogen) atoms. The summed E-state index contributed by atoms with van der Waals surface area (Å²) in [7, 11) is 1.58. The normalized spacial score (nSPS) is 54.0. The molecule has 1 saturated carbocycles. The van der Waals surface area contributed by atoms with E-state index >= 15 is 0 Å². The van der Waals surface area contributed by atoms with Crippen molar-refractivity contribution < 1.29 is 24.1 Å². The predicted molar refractivity (Wildman–Crippen MR) is 53.7 cm³/mol. The van der Waals surface area contributed by atoms with Gasteiger partial charge in [0.2, 0.25) is 0 Å². The van der Waals surface area contributed by atoms with Crippen LogP contribution in [0.2, 0.25) is 0 Å². The average molecular weight is 230 g/mol. The molecule has 2 heterocycles. The third-order valence-corrected chi connectivity index (χ3v) is 3.82. The molecule has 5 nitrogen and oxygen atoms in total. The van der Waals surface area contributed by atoms with Crippen molar-refractivity contribution in [2.24, 2.45) is 0 Å². The third kappa shape index (κ3) is 1.23. The summed E-state index contributed by atoms with van der Waals surface area (Å²) in [4.78, 5) is 0. The molecule has 0 aromatic rings. The summed E-state index contributed by atoms with van der Waals surface area (Å²) < 4.78 is 22.7. The van der Waals surface area contributed by atoms with Gasteiger partial charge in [0.05, 0.1) is 6.10 Å². The first-order valence-corrected chi connectivity index (χ1v) is 5.73. The monoisotopic (exact) mass is 230 g/mol. The Morgan fingerprint density at radius 3 is 2.50 bits per heavy atom. The standard InChI is InChI=1S/C11H18O5/c1-10(2)14-7-8(15-10)11(5-4-6(11)12)16-9(7)13-3/h6-9,12H,4-5H2,1-3H3/t6?,7?,8-,9?,11-/m1/s1. The van der Waals surface area contributed by atoms with E-state index in [4.69, 9.17) is 18.9 Å². The molecule has 3 fully saturated rings. The van der Waals surface area contributed by atoms with E-state index in [2.05, 4.69) is 0 Å². The third-order valence-electron chi connectivity index (χ3n) is 3.82. The van der Waals surface area contributed by atoms with Crippen molar-refractivity contribution in [1.82, 2.24) is 0 Å². The fourth-order valence-electron chi connectivity index (χ4n) is 2.93. The number of methoxy groups -OCH3 is 1. The van der Waals surface area contributed by atoms with Crippen molar-refractivity contribution in [3.05, 3.63) is 0 Å². The molecule has 0 bridgehead atoms. The molecule has 5 atom stereocenters. The van der Waals surface area contributed by atoms with Crippen LogP contribution in [0.5, 0.6) is 0 Å². The molecule has 2 aliphatic heterocycles. The summed E-state index contributed by atoms with van der Waals surface area (Å²) in [5.41, 5.74) is -0.612. The van der Waals surface area contributed by atoms with Crippen LogP contribution in [0.15, 0.2) is 0 Å². The highest BCUT2D eigenvalue weighted by Gasteiger charge is 2.68. The van der Waals surface area contributed by atoms with E-state index in [0.29, 0.717) is 0 Å². The van der Waals surface area contributed by atoms with Gasteiger partial charge < -0.3 is 24.1 Å². The molecule has 3 aliphatic rings. The first-order chi connectivity index (χ1) is 7.48. The molecule has 92 valence electrons. The molecule has 5 heteroatoms. The van der Waals surface area contributed by atoms with Gasteiger partial charge in [0.15, 0.2) is 12.1 Å². The maximum absolute atomic E-state index is 9.91. The van der Waals surface area contributed by atoms with Gasteiger partial charge in [-0.1, -0.05) is 0 Å². The summed E-state index contributed by atoms with van der Waals surface area (Å²) in [5, 5.41) is 9.91. The van der Waals surface area contributed by atoms with Crippen LogP contribution in [0.1, 0.15) is 26.7 Å². The van der Waals surface area contributed by atoms with Crippen LogP contribution in [0.3, 0.4) is 0 Å². The average Bonchev–Trinajstić information content (AvgIpc) is 2.68. The second-order valence-electron chi connectivity index (χ2n) is 5.25. The van der Waals surface area contributed by atoms with Crippen LogP contribution < -0.4 is 0 Å². The zero-order valence-electron chi connectivity index (χ0n) is 9.80. The van der Waals surface area contributed by atoms with E-state index in [0.717, 1.165) is 12.8 Å². The van der Waals surface area contributed by atoms with Crippen molar-refractivity contribution >= 4 is 0 Å². The van der Waals surface area contributed by atoms with Crippen LogP contribution in [0.25, 0.3) is 0 Å². The summed E-state index contributed by atoms with van der Waals surface area (Å²) in [6.45, 7) is 3.74. The lowest BCUT2D eigenvalue weighted by molar-refractivity contribution is -0.289. The molecule has 2 saturated heterocycles. The fraction of sp³-hybridized carbons (Fsp3) is 1.00. The van der Waals surface area contributed by atoms with Gasteiger partial charge >= 0.3 is 0 Å². The van der Waals surface area contributed by atoms with Crippen LogP contribution in [0, 0.1) is 0 Å². The second-order valence-corrected chi connectivity index (χ2v) is 5.25. The number of rotatable bonds is 1. The molecule has 0 aromatic heterocycles. The number of aliphatic hydroxyl groups excluding tert-OH is 1. The highest BCUT2D eigenvalue weighted by Crippen LogP contribution is 2.52. The van der Waals surface area contributed by atoms with Crippen molar-refractivity contribution in [3.63, 3.8) is 0 Å². The Bertz CT molecular complexity index is 305. The zero-order valence-corrected chi connectivity index (χ0v) is 9.80. The topological polar surface area (TPSA) is 57.2 Å². The minimum absolute atomic E-state index is 0.226. The Labute approximate surface area is 94.6 Å². The van der Waals surface area contributed by atoms with E-state index < -0.39 is 23.8 Å². The molecule has 0 radical (unpaired) electrons. The molecule has 1 aliphatic carbocycles. The fourth-order valence-corrected chi connectivity index (χ4v) is 2.93. The van der Waals surface area contributed by atoms with Gasteiger partial charge in [0.1, 0.15) is 17.8 Å². The lowest BCUT2D eigenvalue weighted by Gasteiger charge is -2.45. The van der Waals surface area contributed by atoms with Crippen molar-refractivity contribution in [3.8, 4) is 0 Å². The molecular formula is C11H18O5. The van der Waals surface area contributed by atoms with Crippen molar-refractivity contribution in [2.75, 3.05) is 7.11 Å². The summed E-state index contributed by atoms with van der Waals surface area (Å²) in [6, 6.07) is 0. The van der Waals surface area contributed by atoms with Crippen molar-refractivity contribution in [2.45, 2.75) is 62.7 Å². The Morgan fingerprint density at radius 2 is 2.00 bits per heavy atom. The predicted octanol–water partition coefficient (Wildman–Crippen LogP) is 0.403. The van der Waals surface area contributed by atoms with E-state index in [1.165, 1.54) is 0 Å². The minimum atomic E-state index is -0.627. The Kier molecular flexibility index (Phi) is 2.17. The Morgan fingerprint density at radius 1 is 1.25 bits per heavy atom. The van der Waals surface area contributed by atoms with Crippen LogP contribution in [-0.2, 0) is 18.9 Å². The van der Waals surface area contributed by atoms with Gasteiger partial charge in [-0.15, -0.1) is 0 Å². The first-order valence-electron chi connectivity index (χ1n) is 5.73. The minimum Gasteiger partial charge on any atom is -0.390 e. The van der Waals surface area contributed by atoms with E-state index in [1.54, 1.807) is 7.11 Å². The van der Waals surface area contributed by atoms with E-state index in [9.17, 15) is 5.11 Å². The van der Waals surface area contributed by atoms with Crippen LogP contribution in [0.4, 0.5) is 0 Å². The number of hydrogen-bond donors (Lipinski definition) is 1. The molecular weight excluding hydrogens is 212 g/mol. The highest BCUT2D eigenvalue weighted by molar-refractivity contribution is 5.13. The maximum atomic E-state index is 9.91. The summed E-state index contributed by atoms with van der Waals surface area (Å²) >= 11 is 0. The van der Waals surface area contributed by atoms with Crippen molar-refractivity contribution in [1.29, 1.82) is 0 Å². The van der Waals surface area contributed by atoms with E-state index in [1.807, 2.05) is 13.8 Å². The smallest absolute Gasteiger partial charge is 0.187 e. The molecule has 3 unspecified atom stereocenters. The van der Waals surface area contributed by atoms with Gasteiger partial charge in [-0.3, -0.25) is 0 Å². The molecule has 1 N–H and O–H groups in total. The Hall–Kier alpha value is -0.200. The molecule has 0 aromatic carbocycles. The number of hydrogen-bond acceptors (Lipinski definition) is 5. The number of ether oxygens (including phenoxy) is 4. The van der Waals surface area contributed by atoms with Gasteiger partial charge in [-0.05, 0) is 26.7 Å². The number of fused-ring (bicyclic) bond motifs is 2. The van der Waals surface area contributed by atoms with E-state index in [-0.39, 0.29) is 12.2 Å². The van der Waals surface area contributed by atoms with Gasteiger partial charge in [-0.2, -0.15) is 0 Å². The second kappa shape index (κ2) is 3.17. The van der Waals surface area contributed by atoms with Gasteiger partial charge in [0, 0.05) is 7.11 Å². The first kappa shape index (κ1) is 10.9. The molecule has 0 amide bonds. The lowest BCUT2D eigenvalue weighted by atomic mass is 9.73. The Balaban J connectivity index is 1.89. The largest absolute Gasteiger partial charge is 0.390 e. The quantitative estimate of drug-likeness (QED) is 0.706. The molecule has 1 spiro atoms. The van der Waals surface area contributed by atoms with Crippen LogP contribution in [-0.4, -0.2) is 48.2 Å². The lowest BCUT2D eigenvalue weighted by Crippen LogP contribution is -2.59. The maximum Gasteiger partial charge on any atom is 0.187 e. The molecule has 3 rings (SSSR count). The highest BCUT2D eigenvalue weighted by atomic mass is 16.8. The zero-order chi connectivity index (χ0) is 11.6. The SMILES string of the molecule is COC1O[C@@]2(CCC2O)[C@@H]2OC(C)(C)OC12. The summed E-state index contributed by atoms with van der Waals surface area (Å²) in [6.07, 6.45) is 0.170. The van der Waals surface area contributed by atoms with Crippen LogP contribution >= 0.6 is 0 Å². The van der Waals surface area contributed by atoms with Gasteiger partial charge in [0.25, 0.3) is 0 Å². The van der Waals surface area contributed by atoms with Gasteiger partial charge in [-0.25, -0.2) is 0 Å². The number of aliphatic hydroxyl groups is 1. The summed E-state index contributed by atoms with van der Waals surface area (Å²) in [5.74, 6) is -0.627.